The molecule has 1 aromatic carbocycles. The monoisotopic (exact) mass is 389 g/mol. The van der Waals surface area contributed by atoms with E-state index in [4.69, 9.17) is 4.42 Å². The summed E-state index contributed by atoms with van der Waals surface area (Å²) in [5.41, 5.74) is 0.364. The standard InChI is InChI=1S/C17H16BrN3O3/c1-11-3-5-13(24-11)8-20(2)16(22)9-21-10-19-15-6-4-12(18)7-14(15)17(21)23/h3-7,10H,8-9H2,1-2H3. The highest BCUT2D eigenvalue weighted by Crippen LogP contribution is 2.15. The molecule has 3 aromatic rings. The van der Waals surface area contributed by atoms with Crippen LogP contribution in [-0.2, 0) is 17.9 Å². The molecular weight excluding hydrogens is 374 g/mol. The summed E-state index contributed by atoms with van der Waals surface area (Å²) in [6.45, 7) is 2.14. The summed E-state index contributed by atoms with van der Waals surface area (Å²) in [5, 5.41) is 0.476. The molecular formula is C17H16BrN3O3. The number of carbonyl (C=O) groups excluding carboxylic acids is 1. The van der Waals surface area contributed by atoms with Gasteiger partial charge in [-0.1, -0.05) is 15.9 Å². The van der Waals surface area contributed by atoms with Crippen LogP contribution >= 0.6 is 15.9 Å². The van der Waals surface area contributed by atoms with Crippen molar-refractivity contribution < 1.29 is 9.21 Å². The number of aryl methyl sites for hydroxylation is 1. The number of likely N-dealkylation sites (N-methyl/N-ethyl adjacent to an activating group) is 1. The van der Waals surface area contributed by atoms with Gasteiger partial charge in [-0.25, -0.2) is 4.98 Å². The van der Waals surface area contributed by atoms with E-state index in [-0.39, 0.29) is 18.0 Å². The zero-order chi connectivity index (χ0) is 17.3. The fourth-order valence-corrected chi connectivity index (χ4v) is 2.76. The molecule has 0 N–H and O–H groups in total. The number of benzene rings is 1. The molecule has 3 rings (SSSR count). The molecule has 0 bridgehead atoms. The first kappa shape index (κ1) is 16.4. The molecule has 2 aromatic heterocycles. The van der Waals surface area contributed by atoms with Crippen molar-refractivity contribution in [3.05, 3.63) is 63.0 Å². The Morgan fingerprint density at radius 2 is 2.12 bits per heavy atom. The van der Waals surface area contributed by atoms with E-state index in [1.54, 1.807) is 19.2 Å². The predicted octanol–water partition coefficient (Wildman–Crippen LogP) is 2.72. The van der Waals surface area contributed by atoms with Gasteiger partial charge in [0.25, 0.3) is 5.56 Å². The molecule has 0 atom stereocenters. The smallest absolute Gasteiger partial charge is 0.261 e. The third-order valence-electron chi connectivity index (χ3n) is 3.71. The second kappa shape index (κ2) is 6.60. The topological polar surface area (TPSA) is 68.3 Å². The number of furan rings is 1. The van der Waals surface area contributed by atoms with E-state index < -0.39 is 0 Å². The van der Waals surface area contributed by atoms with Gasteiger partial charge in [0.05, 0.1) is 23.8 Å². The van der Waals surface area contributed by atoms with Crippen LogP contribution in [0.1, 0.15) is 11.5 Å². The number of aromatic nitrogens is 2. The van der Waals surface area contributed by atoms with Gasteiger partial charge < -0.3 is 9.32 Å². The Balaban J connectivity index is 1.80. The number of hydrogen-bond acceptors (Lipinski definition) is 4. The van der Waals surface area contributed by atoms with Crippen molar-refractivity contribution in [1.82, 2.24) is 14.5 Å². The fourth-order valence-electron chi connectivity index (χ4n) is 2.40. The van der Waals surface area contributed by atoms with Gasteiger partial charge in [0, 0.05) is 11.5 Å². The third kappa shape index (κ3) is 3.41. The maximum absolute atomic E-state index is 12.5. The Kier molecular flexibility index (Phi) is 4.53. The maximum Gasteiger partial charge on any atom is 0.261 e. The van der Waals surface area contributed by atoms with Crippen molar-refractivity contribution in [1.29, 1.82) is 0 Å². The van der Waals surface area contributed by atoms with E-state index in [0.29, 0.717) is 23.2 Å². The minimum atomic E-state index is -0.239. The zero-order valence-electron chi connectivity index (χ0n) is 13.3. The number of fused-ring (bicyclic) bond motifs is 1. The molecule has 0 aliphatic carbocycles. The van der Waals surface area contributed by atoms with Crippen LogP contribution in [0.4, 0.5) is 0 Å². The number of hydrogen-bond donors (Lipinski definition) is 0. The maximum atomic E-state index is 12.5. The Morgan fingerprint density at radius 3 is 2.83 bits per heavy atom. The second-order valence-electron chi connectivity index (χ2n) is 5.60. The van der Waals surface area contributed by atoms with Crippen LogP contribution in [-0.4, -0.2) is 27.4 Å². The van der Waals surface area contributed by atoms with Gasteiger partial charge in [0.2, 0.25) is 5.91 Å². The van der Waals surface area contributed by atoms with Crippen LogP contribution in [0.15, 0.2) is 50.3 Å². The van der Waals surface area contributed by atoms with Crippen LogP contribution in [0.3, 0.4) is 0 Å². The predicted molar refractivity (Wildman–Crippen MR) is 93.6 cm³/mol. The lowest BCUT2D eigenvalue weighted by atomic mass is 10.2. The molecule has 0 saturated heterocycles. The summed E-state index contributed by atoms with van der Waals surface area (Å²) in [5.74, 6) is 1.31. The summed E-state index contributed by atoms with van der Waals surface area (Å²) in [4.78, 5) is 30.6. The largest absolute Gasteiger partial charge is 0.464 e. The van der Waals surface area contributed by atoms with E-state index in [0.717, 1.165) is 10.2 Å². The molecule has 2 heterocycles. The fraction of sp³-hybridized carbons (Fsp3) is 0.235. The minimum absolute atomic E-state index is 0.0650. The van der Waals surface area contributed by atoms with Crippen molar-refractivity contribution in [3.63, 3.8) is 0 Å². The van der Waals surface area contributed by atoms with Crippen molar-refractivity contribution >= 4 is 32.7 Å². The van der Waals surface area contributed by atoms with Crippen LogP contribution in [0, 0.1) is 6.92 Å². The molecule has 24 heavy (non-hydrogen) atoms. The lowest BCUT2D eigenvalue weighted by molar-refractivity contribution is -0.131. The molecule has 0 aliphatic rings. The molecule has 0 saturated carbocycles. The molecule has 7 heteroatoms. The number of amides is 1. The summed E-state index contributed by atoms with van der Waals surface area (Å²) >= 11 is 3.34. The van der Waals surface area contributed by atoms with Crippen LogP contribution in [0.5, 0.6) is 0 Å². The normalized spacial score (nSPS) is 11.0. The van der Waals surface area contributed by atoms with Crippen LogP contribution in [0.2, 0.25) is 0 Å². The quantitative estimate of drug-likeness (QED) is 0.687. The first-order chi connectivity index (χ1) is 11.4. The Bertz CT molecular complexity index is 961. The number of rotatable bonds is 4. The van der Waals surface area contributed by atoms with Crippen LogP contribution in [0.25, 0.3) is 10.9 Å². The van der Waals surface area contributed by atoms with E-state index >= 15 is 0 Å². The SMILES string of the molecule is Cc1ccc(CN(C)C(=O)Cn2cnc3ccc(Br)cc3c2=O)o1. The van der Waals surface area contributed by atoms with Crippen molar-refractivity contribution in [2.45, 2.75) is 20.0 Å². The van der Waals surface area contributed by atoms with Gasteiger partial charge in [0.15, 0.2) is 0 Å². The average molecular weight is 390 g/mol. The third-order valence-corrected chi connectivity index (χ3v) is 4.20. The highest BCUT2D eigenvalue weighted by molar-refractivity contribution is 9.10. The van der Waals surface area contributed by atoms with E-state index in [1.807, 2.05) is 25.1 Å². The Hall–Kier alpha value is -2.41. The molecule has 0 spiro atoms. The first-order valence-corrected chi connectivity index (χ1v) is 8.17. The molecule has 1 amide bonds. The molecule has 6 nitrogen and oxygen atoms in total. The van der Waals surface area contributed by atoms with Crippen LogP contribution < -0.4 is 5.56 Å². The Labute approximate surface area is 146 Å². The van der Waals surface area contributed by atoms with Gasteiger partial charge >= 0.3 is 0 Å². The van der Waals surface area contributed by atoms with Gasteiger partial charge in [0.1, 0.15) is 18.1 Å². The molecule has 0 aliphatic heterocycles. The highest BCUT2D eigenvalue weighted by atomic mass is 79.9. The number of carbonyl (C=O) groups is 1. The van der Waals surface area contributed by atoms with Crippen molar-refractivity contribution in [2.75, 3.05) is 7.05 Å². The Morgan fingerprint density at radius 1 is 1.33 bits per heavy atom. The van der Waals surface area contributed by atoms with E-state index in [2.05, 4.69) is 20.9 Å². The van der Waals surface area contributed by atoms with Gasteiger partial charge in [-0.2, -0.15) is 0 Å². The second-order valence-corrected chi connectivity index (χ2v) is 6.52. The summed E-state index contributed by atoms with van der Waals surface area (Å²) in [6.07, 6.45) is 1.40. The first-order valence-electron chi connectivity index (χ1n) is 7.38. The number of halogens is 1. The lowest BCUT2D eigenvalue weighted by Gasteiger charge is -2.16. The number of nitrogens with zero attached hydrogens (tertiary/aromatic N) is 3. The highest BCUT2D eigenvalue weighted by Gasteiger charge is 2.14. The summed E-state index contributed by atoms with van der Waals surface area (Å²) in [7, 11) is 1.68. The summed E-state index contributed by atoms with van der Waals surface area (Å²) in [6, 6.07) is 8.98. The van der Waals surface area contributed by atoms with Crippen molar-refractivity contribution in [3.8, 4) is 0 Å². The van der Waals surface area contributed by atoms with E-state index in [9.17, 15) is 9.59 Å². The lowest BCUT2D eigenvalue weighted by Crippen LogP contribution is -2.33. The molecule has 0 radical (unpaired) electrons. The average Bonchev–Trinajstić information content (AvgIpc) is 2.95. The molecule has 0 fully saturated rings. The summed E-state index contributed by atoms with van der Waals surface area (Å²) < 4.78 is 7.58. The molecule has 124 valence electrons. The van der Waals surface area contributed by atoms with Gasteiger partial charge in [-0.3, -0.25) is 14.2 Å². The molecule has 0 unspecified atom stereocenters. The van der Waals surface area contributed by atoms with Gasteiger partial charge in [-0.05, 0) is 37.3 Å². The van der Waals surface area contributed by atoms with Gasteiger partial charge in [-0.15, -0.1) is 0 Å². The van der Waals surface area contributed by atoms with E-state index in [1.165, 1.54) is 15.8 Å². The van der Waals surface area contributed by atoms with Crippen molar-refractivity contribution in [2.24, 2.45) is 0 Å². The minimum Gasteiger partial charge on any atom is -0.464 e. The zero-order valence-corrected chi connectivity index (χ0v) is 14.9.